The molecule has 0 amide bonds. The topological polar surface area (TPSA) is 40.5 Å². The highest BCUT2D eigenvalue weighted by Crippen LogP contribution is 2.13. The van der Waals surface area contributed by atoms with Crippen molar-refractivity contribution in [2.24, 2.45) is 0 Å². The number of carboxylic acid groups (broad SMARTS) is 1. The van der Waals surface area contributed by atoms with Gasteiger partial charge in [-0.1, -0.05) is 17.7 Å². The zero-order valence-electron chi connectivity index (χ0n) is 9.23. The van der Waals surface area contributed by atoms with Crippen molar-refractivity contribution in [1.29, 1.82) is 0 Å². The quantitative estimate of drug-likeness (QED) is 0.805. The number of hydrogen-bond donors (Lipinski definition) is 1. The van der Waals surface area contributed by atoms with E-state index in [0.29, 0.717) is 6.42 Å². The van der Waals surface area contributed by atoms with Crippen molar-refractivity contribution in [3.05, 3.63) is 29.8 Å². The van der Waals surface area contributed by atoms with E-state index in [4.69, 9.17) is 5.11 Å². The van der Waals surface area contributed by atoms with E-state index in [1.807, 2.05) is 14.0 Å². The van der Waals surface area contributed by atoms with Crippen molar-refractivity contribution in [3.63, 3.8) is 0 Å². The van der Waals surface area contributed by atoms with E-state index in [0.717, 1.165) is 12.2 Å². The fraction of sp³-hybridized carbons (Fsp3) is 0.417. The van der Waals surface area contributed by atoms with Crippen LogP contribution in [0.2, 0.25) is 0 Å². The molecular formula is C12H17NO2. The van der Waals surface area contributed by atoms with Crippen molar-refractivity contribution < 1.29 is 9.90 Å². The summed E-state index contributed by atoms with van der Waals surface area (Å²) in [7, 11) is 1.98. The van der Waals surface area contributed by atoms with E-state index in [1.54, 1.807) is 0 Å². The minimum atomic E-state index is -0.729. The van der Waals surface area contributed by atoms with Crippen molar-refractivity contribution in [2.45, 2.75) is 19.8 Å². The van der Waals surface area contributed by atoms with Gasteiger partial charge in [-0.25, -0.2) is 0 Å². The molecule has 1 rings (SSSR count). The molecule has 1 aromatic rings. The molecule has 0 spiro atoms. The molecule has 3 nitrogen and oxygen atoms in total. The standard InChI is InChI=1S/C12H17NO2/c1-10-5-7-11(8-6-10)13(2)9-3-4-12(14)15/h5-8H,3-4,9H2,1-2H3,(H,14,15). The Bertz CT molecular complexity index is 319. The summed E-state index contributed by atoms with van der Waals surface area (Å²) in [5.41, 5.74) is 2.36. The molecular weight excluding hydrogens is 190 g/mol. The number of hydrogen-bond acceptors (Lipinski definition) is 2. The number of rotatable bonds is 5. The molecule has 0 saturated heterocycles. The Kier molecular flexibility index (Phi) is 4.16. The lowest BCUT2D eigenvalue weighted by atomic mass is 10.2. The lowest BCUT2D eigenvalue weighted by molar-refractivity contribution is -0.137. The van der Waals surface area contributed by atoms with Gasteiger partial charge in [0, 0.05) is 25.7 Å². The Labute approximate surface area is 90.3 Å². The number of nitrogens with zero attached hydrogens (tertiary/aromatic N) is 1. The second-order valence-corrected chi connectivity index (χ2v) is 3.75. The molecule has 1 aromatic carbocycles. The molecule has 0 fully saturated rings. The Balaban J connectivity index is 2.43. The lowest BCUT2D eigenvalue weighted by Gasteiger charge is -2.18. The molecule has 0 atom stereocenters. The summed E-state index contributed by atoms with van der Waals surface area (Å²) in [4.78, 5) is 12.4. The van der Waals surface area contributed by atoms with Crippen LogP contribution in [-0.2, 0) is 4.79 Å². The summed E-state index contributed by atoms with van der Waals surface area (Å²) < 4.78 is 0. The Morgan fingerprint density at radius 1 is 1.33 bits per heavy atom. The van der Waals surface area contributed by atoms with E-state index in [-0.39, 0.29) is 6.42 Å². The number of aryl methyl sites for hydroxylation is 1. The molecule has 0 aliphatic rings. The van der Waals surface area contributed by atoms with E-state index in [1.165, 1.54) is 5.56 Å². The number of aliphatic carboxylic acids is 1. The van der Waals surface area contributed by atoms with Crippen LogP contribution in [0, 0.1) is 6.92 Å². The maximum Gasteiger partial charge on any atom is 0.303 e. The van der Waals surface area contributed by atoms with Crippen molar-refractivity contribution in [3.8, 4) is 0 Å². The predicted octanol–water partition coefficient (Wildman–Crippen LogP) is 2.30. The third-order valence-electron chi connectivity index (χ3n) is 2.36. The number of benzene rings is 1. The molecule has 15 heavy (non-hydrogen) atoms. The maximum atomic E-state index is 10.3. The minimum absolute atomic E-state index is 0.232. The van der Waals surface area contributed by atoms with Gasteiger partial charge in [0.15, 0.2) is 0 Å². The summed E-state index contributed by atoms with van der Waals surface area (Å²) in [5, 5.41) is 8.51. The molecule has 0 aliphatic carbocycles. The van der Waals surface area contributed by atoms with Crippen LogP contribution in [0.1, 0.15) is 18.4 Å². The van der Waals surface area contributed by atoms with E-state index < -0.39 is 5.97 Å². The monoisotopic (exact) mass is 207 g/mol. The van der Waals surface area contributed by atoms with Crippen molar-refractivity contribution in [1.82, 2.24) is 0 Å². The lowest BCUT2D eigenvalue weighted by Crippen LogP contribution is -2.19. The summed E-state index contributed by atoms with van der Waals surface area (Å²) in [6.07, 6.45) is 0.913. The first-order valence-corrected chi connectivity index (χ1v) is 5.09. The van der Waals surface area contributed by atoms with Gasteiger partial charge in [0.1, 0.15) is 0 Å². The molecule has 82 valence electrons. The van der Waals surface area contributed by atoms with E-state index in [9.17, 15) is 4.79 Å². The van der Waals surface area contributed by atoms with Crippen molar-refractivity contribution in [2.75, 3.05) is 18.5 Å². The van der Waals surface area contributed by atoms with Gasteiger partial charge < -0.3 is 10.0 Å². The maximum absolute atomic E-state index is 10.3. The highest BCUT2D eigenvalue weighted by molar-refractivity contribution is 5.66. The van der Waals surface area contributed by atoms with Crippen LogP contribution in [0.3, 0.4) is 0 Å². The van der Waals surface area contributed by atoms with Crippen LogP contribution in [0.5, 0.6) is 0 Å². The zero-order valence-corrected chi connectivity index (χ0v) is 9.23. The molecule has 0 radical (unpaired) electrons. The van der Waals surface area contributed by atoms with Gasteiger partial charge in [0.2, 0.25) is 0 Å². The minimum Gasteiger partial charge on any atom is -0.481 e. The number of carbonyl (C=O) groups is 1. The molecule has 0 saturated carbocycles. The Hall–Kier alpha value is -1.51. The van der Waals surface area contributed by atoms with Crippen LogP contribution in [0.4, 0.5) is 5.69 Å². The van der Waals surface area contributed by atoms with E-state index >= 15 is 0 Å². The molecule has 0 aliphatic heterocycles. The SMILES string of the molecule is Cc1ccc(N(C)CCCC(=O)O)cc1. The van der Waals surface area contributed by atoms with Crippen LogP contribution >= 0.6 is 0 Å². The molecule has 3 heteroatoms. The molecule has 0 bridgehead atoms. The van der Waals surface area contributed by atoms with Gasteiger partial charge in [-0.2, -0.15) is 0 Å². The van der Waals surface area contributed by atoms with Crippen LogP contribution in [0.25, 0.3) is 0 Å². The number of anilines is 1. The first-order chi connectivity index (χ1) is 7.09. The largest absolute Gasteiger partial charge is 0.481 e. The van der Waals surface area contributed by atoms with Gasteiger partial charge in [-0.05, 0) is 25.5 Å². The molecule has 0 unspecified atom stereocenters. The third-order valence-corrected chi connectivity index (χ3v) is 2.36. The fourth-order valence-corrected chi connectivity index (χ4v) is 1.40. The highest BCUT2D eigenvalue weighted by atomic mass is 16.4. The predicted molar refractivity (Wildman–Crippen MR) is 61.3 cm³/mol. The van der Waals surface area contributed by atoms with Gasteiger partial charge in [0.25, 0.3) is 0 Å². The fourth-order valence-electron chi connectivity index (χ4n) is 1.40. The average Bonchev–Trinajstić information content (AvgIpc) is 2.18. The zero-order chi connectivity index (χ0) is 11.3. The normalized spacial score (nSPS) is 10.0. The average molecular weight is 207 g/mol. The van der Waals surface area contributed by atoms with Crippen LogP contribution < -0.4 is 4.90 Å². The first kappa shape index (κ1) is 11.6. The van der Waals surface area contributed by atoms with Gasteiger partial charge in [-0.15, -0.1) is 0 Å². The second-order valence-electron chi connectivity index (χ2n) is 3.75. The Morgan fingerprint density at radius 2 is 1.93 bits per heavy atom. The highest BCUT2D eigenvalue weighted by Gasteiger charge is 2.02. The Morgan fingerprint density at radius 3 is 2.47 bits per heavy atom. The number of carboxylic acids is 1. The third kappa shape index (κ3) is 4.02. The van der Waals surface area contributed by atoms with Crippen LogP contribution in [-0.4, -0.2) is 24.7 Å². The van der Waals surface area contributed by atoms with Crippen LogP contribution in [0.15, 0.2) is 24.3 Å². The van der Waals surface area contributed by atoms with Gasteiger partial charge in [-0.3, -0.25) is 4.79 Å². The summed E-state index contributed by atoms with van der Waals surface area (Å²) >= 11 is 0. The molecule has 0 aromatic heterocycles. The molecule has 1 N–H and O–H groups in total. The first-order valence-electron chi connectivity index (χ1n) is 5.09. The van der Waals surface area contributed by atoms with E-state index in [2.05, 4.69) is 29.2 Å². The molecule has 0 heterocycles. The van der Waals surface area contributed by atoms with Crippen molar-refractivity contribution >= 4 is 11.7 Å². The van der Waals surface area contributed by atoms with Gasteiger partial charge >= 0.3 is 5.97 Å². The second kappa shape index (κ2) is 5.39. The smallest absolute Gasteiger partial charge is 0.303 e. The summed E-state index contributed by atoms with van der Waals surface area (Å²) in [6, 6.07) is 8.22. The van der Waals surface area contributed by atoms with Gasteiger partial charge in [0.05, 0.1) is 0 Å². The summed E-state index contributed by atoms with van der Waals surface area (Å²) in [6.45, 7) is 2.82. The summed E-state index contributed by atoms with van der Waals surface area (Å²) in [5.74, 6) is -0.729.